The maximum Gasteiger partial charge on any atom is 0.138 e. The molecule has 1 aromatic heterocycles. The lowest BCUT2D eigenvalue weighted by molar-refractivity contribution is 0.258. The molecular formula is C14H14ClNO2. The van der Waals surface area contributed by atoms with Gasteiger partial charge in [-0.3, -0.25) is 0 Å². The molecular weight excluding hydrogens is 250 g/mol. The summed E-state index contributed by atoms with van der Waals surface area (Å²) in [6.45, 7) is 2.09. The second kappa shape index (κ2) is 5.85. The summed E-state index contributed by atoms with van der Waals surface area (Å²) in [5.41, 5.74) is 2.35. The molecule has 0 aliphatic carbocycles. The minimum Gasteiger partial charge on any atom is -0.488 e. The minimum atomic E-state index is -0.184. The van der Waals surface area contributed by atoms with Crippen molar-refractivity contribution in [1.29, 1.82) is 0 Å². The van der Waals surface area contributed by atoms with Gasteiger partial charge in [0.15, 0.2) is 0 Å². The minimum absolute atomic E-state index is 0.184. The summed E-state index contributed by atoms with van der Waals surface area (Å²) in [5.74, 6) is 0.582. The predicted molar refractivity (Wildman–Crippen MR) is 70.7 cm³/mol. The number of aliphatic hydroxyl groups excluding tert-OH is 1. The molecule has 3 nitrogen and oxygen atoms in total. The Morgan fingerprint density at radius 2 is 2.00 bits per heavy atom. The first-order valence-corrected chi connectivity index (χ1v) is 6.02. The van der Waals surface area contributed by atoms with Crippen molar-refractivity contribution >= 4 is 11.6 Å². The van der Waals surface area contributed by atoms with E-state index < -0.39 is 0 Å². The molecule has 4 heteroatoms. The van der Waals surface area contributed by atoms with Crippen LogP contribution in [0.5, 0.6) is 5.75 Å². The molecule has 1 N–H and O–H groups in total. The third-order valence-corrected chi connectivity index (χ3v) is 2.87. The number of ether oxygens (including phenoxy) is 1. The van der Waals surface area contributed by atoms with E-state index in [-0.39, 0.29) is 6.61 Å². The molecule has 1 aromatic carbocycles. The summed E-state index contributed by atoms with van der Waals surface area (Å²) in [6.07, 6.45) is 0. The molecule has 2 aromatic rings. The van der Waals surface area contributed by atoms with Gasteiger partial charge in [0.05, 0.1) is 12.2 Å². The van der Waals surface area contributed by atoms with Gasteiger partial charge in [-0.05, 0) is 12.5 Å². The molecule has 2 rings (SSSR count). The van der Waals surface area contributed by atoms with Crippen LogP contribution < -0.4 is 4.74 Å². The number of hydrogen-bond acceptors (Lipinski definition) is 3. The van der Waals surface area contributed by atoms with E-state index in [0.717, 1.165) is 11.3 Å². The van der Waals surface area contributed by atoms with Crippen molar-refractivity contribution in [1.82, 2.24) is 4.98 Å². The highest BCUT2D eigenvalue weighted by Crippen LogP contribution is 2.26. The summed E-state index contributed by atoms with van der Waals surface area (Å²) in [7, 11) is 0. The molecule has 0 saturated carbocycles. The molecule has 0 unspecified atom stereocenters. The van der Waals surface area contributed by atoms with Crippen LogP contribution in [0.3, 0.4) is 0 Å². The average Bonchev–Trinajstić information content (AvgIpc) is 2.37. The third-order valence-electron chi connectivity index (χ3n) is 2.56. The van der Waals surface area contributed by atoms with Crippen molar-refractivity contribution in [2.45, 2.75) is 20.1 Å². The van der Waals surface area contributed by atoms with Gasteiger partial charge in [0, 0.05) is 11.8 Å². The van der Waals surface area contributed by atoms with E-state index in [0.29, 0.717) is 23.1 Å². The molecule has 0 radical (unpaired) electrons. The fourth-order valence-electron chi connectivity index (χ4n) is 1.64. The van der Waals surface area contributed by atoms with Crippen LogP contribution in [-0.2, 0) is 13.2 Å². The zero-order chi connectivity index (χ0) is 13.0. The standard InChI is InChI=1S/C14H14ClNO2/c1-10-7-13(12(8-17)14(15)16-10)18-9-11-5-3-2-4-6-11/h2-7,17H,8-9H2,1H3. The molecule has 0 aliphatic heterocycles. The molecule has 18 heavy (non-hydrogen) atoms. The zero-order valence-electron chi connectivity index (χ0n) is 10.1. The zero-order valence-corrected chi connectivity index (χ0v) is 10.8. The molecule has 0 bridgehead atoms. The normalized spacial score (nSPS) is 10.4. The van der Waals surface area contributed by atoms with E-state index in [1.807, 2.05) is 37.3 Å². The molecule has 94 valence electrons. The van der Waals surface area contributed by atoms with Gasteiger partial charge in [-0.1, -0.05) is 41.9 Å². The van der Waals surface area contributed by atoms with Crippen LogP contribution in [0.4, 0.5) is 0 Å². The van der Waals surface area contributed by atoms with Crippen molar-refractivity contribution in [2.24, 2.45) is 0 Å². The lowest BCUT2D eigenvalue weighted by atomic mass is 10.2. The number of nitrogens with zero attached hydrogens (tertiary/aromatic N) is 1. The van der Waals surface area contributed by atoms with Gasteiger partial charge in [-0.15, -0.1) is 0 Å². The van der Waals surface area contributed by atoms with Gasteiger partial charge in [-0.25, -0.2) is 4.98 Å². The van der Waals surface area contributed by atoms with Gasteiger partial charge in [0.25, 0.3) is 0 Å². The molecule has 0 amide bonds. The number of rotatable bonds is 4. The summed E-state index contributed by atoms with van der Waals surface area (Å²) < 4.78 is 5.69. The Morgan fingerprint density at radius 3 is 2.67 bits per heavy atom. The highest BCUT2D eigenvalue weighted by molar-refractivity contribution is 6.30. The lowest BCUT2D eigenvalue weighted by Crippen LogP contribution is -2.01. The lowest BCUT2D eigenvalue weighted by Gasteiger charge is -2.12. The molecule has 1 heterocycles. The van der Waals surface area contributed by atoms with Crippen LogP contribution in [0.1, 0.15) is 16.8 Å². The van der Waals surface area contributed by atoms with Crippen molar-refractivity contribution in [2.75, 3.05) is 0 Å². The molecule has 0 spiro atoms. The van der Waals surface area contributed by atoms with Crippen LogP contribution in [0, 0.1) is 6.92 Å². The number of aliphatic hydroxyl groups is 1. The van der Waals surface area contributed by atoms with E-state index in [2.05, 4.69) is 4.98 Å². The topological polar surface area (TPSA) is 42.4 Å². The number of hydrogen-bond donors (Lipinski definition) is 1. The number of halogens is 1. The first-order chi connectivity index (χ1) is 8.70. The van der Waals surface area contributed by atoms with Gasteiger partial charge < -0.3 is 9.84 Å². The second-order valence-corrected chi connectivity index (χ2v) is 4.32. The fraction of sp³-hybridized carbons (Fsp3) is 0.214. The Balaban J connectivity index is 2.18. The van der Waals surface area contributed by atoms with E-state index in [9.17, 15) is 5.11 Å². The molecule has 0 aliphatic rings. The van der Waals surface area contributed by atoms with Crippen molar-refractivity contribution in [3.05, 3.63) is 58.4 Å². The van der Waals surface area contributed by atoms with Crippen LogP contribution in [0.15, 0.2) is 36.4 Å². The molecule has 0 atom stereocenters. The average molecular weight is 264 g/mol. The molecule has 0 saturated heterocycles. The van der Waals surface area contributed by atoms with E-state index in [1.165, 1.54) is 0 Å². The van der Waals surface area contributed by atoms with Crippen molar-refractivity contribution in [3.8, 4) is 5.75 Å². The first-order valence-electron chi connectivity index (χ1n) is 5.64. The highest BCUT2D eigenvalue weighted by Gasteiger charge is 2.10. The number of aromatic nitrogens is 1. The largest absolute Gasteiger partial charge is 0.488 e. The first kappa shape index (κ1) is 12.9. The fourth-order valence-corrected chi connectivity index (χ4v) is 1.93. The van der Waals surface area contributed by atoms with Crippen LogP contribution in [-0.4, -0.2) is 10.1 Å². The Kier molecular flexibility index (Phi) is 4.18. The van der Waals surface area contributed by atoms with Crippen LogP contribution in [0.2, 0.25) is 5.15 Å². The summed E-state index contributed by atoms with van der Waals surface area (Å²) in [4.78, 5) is 4.09. The van der Waals surface area contributed by atoms with Crippen molar-refractivity contribution in [3.63, 3.8) is 0 Å². The third kappa shape index (κ3) is 3.00. The number of pyridine rings is 1. The summed E-state index contributed by atoms with van der Waals surface area (Å²) >= 11 is 5.97. The smallest absolute Gasteiger partial charge is 0.138 e. The van der Waals surface area contributed by atoms with E-state index in [1.54, 1.807) is 6.07 Å². The summed E-state index contributed by atoms with van der Waals surface area (Å²) in [6, 6.07) is 11.6. The maximum absolute atomic E-state index is 9.28. The monoisotopic (exact) mass is 263 g/mol. The molecule has 0 fully saturated rings. The Morgan fingerprint density at radius 1 is 1.28 bits per heavy atom. The van der Waals surface area contributed by atoms with Gasteiger partial charge in [0.2, 0.25) is 0 Å². The predicted octanol–water partition coefficient (Wildman–Crippen LogP) is 3.11. The van der Waals surface area contributed by atoms with Crippen molar-refractivity contribution < 1.29 is 9.84 Å². The quantitative estimate of drug-likeness (QED) is 0.862. The van der Waals surface area contributed by atoms with Crippen LogP contribution in [0.25, 0.3) is 0 Å². The SMILES string of the molecule is Cc1cc(OCc2ccccc2)c(CO)c(Cl)n1. The Bertz CT molecular complexity index is 529. The number of benzene rings is 1. The van der Waals surface area contributed by atoms with Gasteiger partial charge >= 0.3 is 0 Å². The number of aryl methyl sites for hydroxylation is 1. The second-order valence-electron chi connectivity index (χ2n) is 3.96. The Labute approximate surface area is 111 Å². The van der Waals surface area contributed by atoms with Crippen LogP contribution >= 0.6 is 11.6 Å². The van der Waals surface area contributed by atoms with E-state index >= 15 is 0 Å². The van der Waals surface area contributed by atoms with E-state index in [4.69, 9.17) is 16.3 Å². The highest BCUT2D eigenvalue weighted by atomic mass is 35.5. The maximum atomic E-state index is 9.28. The Hall–Kier alpha value is -1.58. The van der Waals surface area contributed by atoms with Gasteiger partial charge in [-0.2, -0.15) is 0 Å². The summed E-state index contributed by atoms with van der Waals surface area (Å²) in [5, 5.41) is 9.58. The van der Waals surface area contributed by atoms with Gasteiger partial charge in [0.1, 0.15) is 17.5 Å².